The van der Waals surface area contributed by atoms with Crippen molar-refractivity contribution in [3.05, 3.63) is 10.6 Å². The molecule has 1 aromatic heterocycles. The molecule has 1 aliphatic heterocycles. The molecule has 0 aliphatic carbocycles. The van der Waals surface area contributed by atoms with E-state index in [1.807, 2.05) is 6.92 Å². The standard InChI is InChI=1S/C11H17N5S2/c1-8-9(7-13-15-10(12)17)18-11(14-8)16-5-3-2-4-6-16/h7H,2-6H2,1H3,(H3,12,15,17)/b13-7+. The van der Waals surface area contributed by atoms with Gasteiger partial charge in [0.05, 0.1) is 16.8 Å². The maximum atomic E-state index is 5.30. The number of nitrogens with two attached hydrogens (primary N) is 1. The zero-order chi connectivity index (χ0) is 13.0. The maximum absolute atomic E-state index is 5.30. The van der Waals surface area contributed by atoms with Gasteiger partial charge in [-0.2, -0.15) is 5.10 Å². The van der Waals surface area contributed by atoms with E-state index in [1.54, 1.807) is 17.6 Å². The molecular weight excluding hydrogens is 266 g/mol. The Labute approximate surface area is 116 Å². The van der Waals surface area contributed by atoms with E-state index >= 15 is 0 Å². The number of nitrogens with zero attached hydrogens (tertiary/aromatic N) is 3. The third-order valence-electron chi connectivity index (χ3n) is 2.80. The van der Waals surface area contributed by atoms with Gasteiger partial charge in [0.25, 0.3) is 0 Å². The van der Waals surface area contributed by atoms with Crippen molar-refractivity contribution in [1.29, 1.82) is 0 Å². The first-order valence-corrected chi connectivity index (χ1v) is 7.20. The van der Waals surface area contributed by atoms with Crippen LogP contribution in [0.25, 0.3) is 0 Å². The lowest BCUT2D eigenvalue weighted by molar-refractivity contribution is 0.576. The molecule has 0 unspecified atom stereocenters. The topological polar surface area (TPSA) is 66.5 Å². The van der Waals surface area contributed by atoms with Crippen LogP contribution < -0.4 is 16.1 Å². The normalized spacial score (nSPS) is 16.2. The van der Waals surface area contributed by atoms with Gasteiger partial charge in [-0.05, 0) is 38.4 Å². The number of hydrogen-bond donors (Lipinski definition) is 2. The number of aryl methyl sites for hydroxylation is 1. The number of thiazole rings is 1. The van der Waals surface area contributed by atoms with Crippen LogP contribution in [0, 0.1) is 6.92 Å². The highest BCUT2D eigenvalue weighted by molar-refractivity contribution is 7.80. The van der Waals surface area contributed by atoms with E-state index in [9.17, 15) is 0 Å². The van der Waals surface area contributed by atoms with Crippen LogP contribution >= 0.6 is 23.6 Å². The SMILES string of the molecule is Cc1nc(N2CCCCC2)sc1/C=N/NC(N)=S. The highest BCUT2D eigenvalue weighted by Crippen LogP contribution is 2.27. The summed E-state index contributed by atoms with van der Waals surface area (Å²) >= 11 is 6.34. The molecule has 0 radical (unpaired) electrons. The Kier molecular flexibility index (Phi) is 4.48. The monoisotopic (exact) mass is 283 g/mol. The zero-order valence-corrected chi connectivity index (χ0v) is 12.0. The summed E-state index contributed by atoms with van der Waals surface area (Å²) in [7, 11) is 0. The molecule has 1 aromatic rings. The van der Waals surface area contributed by atoms with Crippen LogP contribution in [0.2, 0.25) is 0 Å². The van der Waals surface area contributed by atoms with E-state index in [1.165, 1.54) is 19.3 Å². The van der Waals surface area contributed by atoms with Gasteiger partial charge in [0.2, 0.25) is 0 Å². The second-order valence-corrected chi connectivity index (χ2v) is 5.68. The minimum Gasteiger partial charge on any atom is -0.375 e. The average molecular weight is 283 g/mol. The summed E-state index contributed by atoms with van der Waals surface area (Å²) in [4.78, 5) is 7.98. The van der Waals surface area contributed by atoms with E-state index in [4.69, 9.17) is 5.73 Å². The van der Waals surface area contributed by atoms with Gasteiger partial charge in [0, 0.05) is 13.1 Å². The predicted octanol–water partition coefficient (Wildman–Crippen LogP) is 1.61. The summed E-state index contributed by atoms with van der Waals surface area (Å²) < 4.78 is 0. The summed E-state index contributed by atoms with van der Waals surface area (Å²) in [5.41, 5.74) is 8.85. The molecule has 0 atom stereocenters. The van der Waals surface area contributed by atoms with Crippen LogP contribution in [0.15, 0.2) is 5.10 Å². The van der Waals surface area contributed by atoms with Crippen molar-refractivity contribution >= 4 is 40.0 Å². The third kappa shape index (κ3) is 3.39. The Morgan fingerprint density at radius 1 is 1.50 bits per heavy atom. The van der Waals surface area contributed by atoms with Crippen LogP contribution in [0.3, 0.4) is 0 Å². The van der Waals surface area contributed by atoms with E-state index in [2.05, 4.69) is 32.6 Å². The Hall–Kier alpha value is -1.21. The Morgan fingerprint density at radius 2 is 2.22 bits per heavy atom. The van der Waals surface area contributed by atoms with Gasteiger partial charge in [0.1, 0.15) is 0 Å². The maximum Gasteiger partial charge on any atom is 0.186 e. The molecule has 2 heterocycles. The largest absolute Gasteiger partial charge is 0.375 e. The van der Waals surface area contributed by atoms with Crippen LogP contribution in [0.1, 0.15) is 29.8 Å². The first kappa shape index (κ1) is 13.2. The second-order valence-electron chi connectivity index (χ2n) is 4.23. The van der Waals surface area contributed by atoms with Crippen LogP contribution in [-0.2, 0) is 0 Å². The first-order chi connectivity index (χ1) is 8.66. The molecule has 5 nitrogen and oxygen atoms in total. The summed E-state index contributed by atoms with van der Waals surface area (Å²) in [6.45, 7) is 4.20. The number of anilines is 1. The summed E-state index contributed by atoms with van der Waals surface area (Å²) in [5.74, 6) is 0. The average Bonchev–Trinajstić information content (AvgIpc) is 2.72. The van der Waals surface area contributed by atoms with Crippen LogP contribution in [0.4, 0.5) is 5.13 Å². The number of rotatable bonds is 3. The fourth-order valence-electron chi connectivity index (χ4n) is 1.89. The van der Waals surface area contributed by atoms with Crippen molar-refractivity contribution in [3.63, 3.8) is 0 Å². The minimum absolute atomic E-state index is 0.171. The fraction of sp³-hybridized carbons (Fsp3) is 0.545. The number of hydrazone groups is 1. The molecule has 98 valence electrons. The highest BCUT2D eigenvalue weighted by atomic mass is 32.1. The molecule has 0 aromatic carbocycles. The lowest BCUT2D eigenvalue weighted by Crippen LogP contribution is -2.29. The van der Waals surface area contributed by atoms with Gasteiger partial charge in [-0.3, -0.25) is 5.43 Å². The molecular formula is C11H17N5S2. The molecule has 0 saturated carbocycles. The number of piperidine rings is 1. The Morgan fingerprint density at radius 3 is 2.89 bits per heavy atom. The van der Waals surface area contributed by atoms with Gasteiger partial charge in [-0.1, -0.05) is 11.3 Å². The van der Waals surface area contributed by atoms with Gasteiger partial charge >= 0.3 is 0 Å². The van der Waals surface area contributed by atoms with Gasteiger partial charge in [-0.15, -0.1) is 0 Å². The number of hydrogen-bond acceptors (Lipinski definition) is 5. The second kappa shape index (κ2) is 6.10. The zero-order valence-electron chi connectivity index (χ0n) is 10.3. The molecule has 18 heavy (non-hydrogen) atoms. The summed E-state index contributed by atoms with van der Waals surface area (Å²) in [5, 5.41) is 5.23. The van der Waals surface area contributed by atoms with Crippen LogP contribution in [0.5, 0.6) is 0 Å². The Bertz CT molecular complexity index is 448. The molecule has 2 rings (SSSR count). The van der Waals surface area contributed by atoms with E-state index in [0.717, 1.165) is 28.8 Å². The molecule has 0 amide bonds. The Balaban J connectivity index is 2.06. The number of nitrogens with one attached hydrogen (secondary N) is 1. The van der Waals surface area contributed by atoms with Crippen molar-refractivity contribution in [2.75, 3.05) is 18.0 Å². The van der Waals surface area contributed by atoms with Crippen molar-refractivity contribution in [1.82, 2.24) is 10.4 Å². The van der Waals surface area contributed by atoms with E-state index in [0.29, 0.717) is 0 Å². The van der Waals surface area contributed by atoms with Crippen molar-refractivity contribution in [3.8, 4) is 0 Å². The first-order valence-electron chi connectivity index (χ1n) is 5.97. The van der Waals surface area contributed by atoms with Gasteiger partial charge in [-0.25, -0.2) is 4.98 Å². The van der Waals surface area contributed by atoms with Crippen molar-refractivity contribution < 1.29 is 0 Å². The molecule has 1 aliphatic rings. The molecule has 1 saturated heterocycles. The van der Waals surface area contributed by atoms with E-state index < -0.39 is 0 Å². The molecule has 7 heteroatoms. The molecule has 3 N–H and O–H groups in total. The lowest BCUT2D eigenvalue weighted by atomic mass is 10.1. The number of thiocarbonyl (C=S) groups is 1. The van der Waals surface area contributed by atoms with Crippen molar-refractivity contribution in [2.24, 2.45) is 10.8 Å². The third-order valence-corrected chi connectivity index (χ3v) is 4.05. The molecule has 0 spiro atoms. The minimum atomic E-state index is 0.171. The lowest BCUT2D eigenvalue weighted by Gasteiger charge is -2.25. The summed E-state index contributed by atoms with van der Waals surface area (Å²) in [6.07, 6.45) is 5.56. The van der Waals surface area contributed by atoms with Crippen LogP contribution in [-0.4, -0.2) is 29.4 Å². The summed E-state index contributed by atoms with van der Waals surface area (Å²) in [6, 6.07) is 0. The predicted molar refractivity (Wildman–Crippen MR) is 80.4 cm³/mol. The smallest absolute Gasteiger partial charge is 0.186 e. The van der Waals surface area contributed by atoms with Gasteiger partial charge in [0.15, 0.2) is 10.2 Å². The number of aromatic nitrogens is 1. The van der Waals surface area contributed by atoms with E-state index in [-0.39, 0.29) is 5.11 Å². The quantitative estimate of drug-likeness (QED) is 0.501. The van der Waals surface area contributed by atoms with Crippen molar-refractivity contribution in [2.45, 2.75) is 26.2 Å². The molecule has 0 bridgehead atoms. The highest BCUT2D eigenvalue weighted by Gasteiger charge is 2.15. The molecule has 1 fully saturated rings. The van der Waals surface area contributed by atoms with Gasteiger partial charge < -0.3 is 10.6 Å². The fourth-order valence-corrected chi connectivity index (χ4v) is 2.93.